The quantitative estimate of drug-likeness (QED) is 0.807. The van der Waals surface area contributed by atoms with E-state index in [1.807, 2.05) is 18.5 Å². The molecule has 96 valence electrons. The van der Waals surface area contributed by atoms with Gasteiger partial charge in [-0.1, -0.05) is 0 Å². The monoisotopic (exact) mass is 244 g/mol. The Hall–Kier alpha value is -1.16. The molecule has 3 aliphatic rings. The van der Waals surface area contributed by atoms with E-state index in [1.165, 1.54) is 38.8 Å². The van der Waals surface area contributed by atoms with Gasteiger partial charge in [0.05, 0.1) is 0 Å². The predicted octanol–water partition coefficient (Wildman–Crippen LogP) is 1.54. The number of likely N-dealkylation sites (tertiary alicyclic amines) is 1. The summed E-state index contributed by atoms with van der Waals surface area (Å²) in [6, 6.07) is 3.31. The van der Waals surface area contributed by atoms with Crippen molar-refractivity contribution in [3.63, 3.8) is 0 Å². The largest absolute Gasteiger partial charge is 0.336 e. The lowest BCUT2D eigenvalue weighted by Crippen LogP contribution is -2.37. The van der Waals surface area contributed by atoms with Gasteiger partial charge in [-0.3, -0.25) is 4.90 Å². The average molecular weight is 244 g/mol. The van der Waals surface area contributed by atoms with Crippen LogP contribution in [0.25, 0.3) is 0 Å². The molecule has 0 radical (unpaired) electrons. The lowest BCUT2D eigenvalue weighted by molar-refractivity contribution is 0.244. The van der Waals surface area contributed by atoms with Crippen LogP contribution in [0.5, 0.6) is 0 Å². The number of aromatic nitrogens is 2. The molecule has 0 bridgehead atoms. The summed E-state index contributed by atoms with van der Waals surface area (Å²) in [5.41, 5.74) is 0. The van der Waals surface area contributed by atoms with Crippen molar-refractivity contribution in [1.82, 2.24) is 14.9 Å². The van der Waals surface area contributed by atoms with E-state index in [4.69, 9.17) is 0 Å². The summed E-state index contributed by atoms with van der Waals surface area (Å²) in [4.78, 5) is 14.0. The Morgan fingerprint density at radius 2 is 1.78 bits per heavy atom. The van der Waals surface area contributed by atoms with Crippen molar-refractivity contribution in [2.45, 2.75) is 37.8 Å². The summed E-state index contributed by atoms with van der Waals surface area (Å²) < 4.78 is 0. The first kappa shape index (κ1) is 10.7. The zero-order chi connectivity index (χ0) is 11.9. The fourth-order valence-electron chi connectivity index (χ4n) is 3.62. The maximum atomic E-state index is 4.42. The van der Waals surface area contributed by atoms with Crippen molar-refractivity contribution < 1.29 is 0 Å². The highest BCUT2D eigenvalue weighted by Gasteiger charge is 2.44. The van der Waals surface area contributed by atoms with Crippen LogP contribution in [0.15, 0.2) is 18.5 Å². The second kappa shape index (κ2) is 4.19. The van der Waals surface area contributed by atoms with Crippen molar-refractivity contribution in [2.75, 3.05) is 24.5 Å². The highest BCUT2D eigenvalue weighted by Crippen LogP contribution is 2.37. The minimum absolute atomic E-state index is 0.658. The van der Waals surface area contributed by atoms with Crippen molar-refractivity contribution in [3.8, 4) is 0 Å². The molecule has 3 heterocycles. The van der Waals surface area contributed by atoms with Crippen LogP contribution in [0, 0.1) is 5.92 Å². The molecule has 0 amide bonds. The maximum Gasteiger partial charge on any atom is 0.225 e. The van der Waals surface area contributed by atoms with Crippen LogP contribution < -0.4 is 4.90 Å². The van der Waals surface area contributed by atoms with E-state index in [9.17, 15) is 0 Å². The molecule has 0 spiro atoms. The number of hydrogen-bond acceptors (Lipinski definition) is 4. The number of fused-ring (bicyclic) bond motifs is 1. The summed E-state index contributed by atoms with van der Waals surface area (Å²) in [7, 11) is 0. The zero-order valence-corrected chi connectivity index (χ0v) is 10.7. The van der Waals surface area contributed by atoms with E-state index in [2.05, 4.69) is 19.8 Å². The Morgan fingerprint density at radius 1 is 1.00 bits per heavy atom. The summed E-state index contributed by atoms with van der Waals surface area (Å²) in [5.74, 6) is 1.93. The fraction of sp³-hybridized carbons (Fsp3) is 0.714. The lowest BCUT2D eigenvalue weighted by Gasteiger charge is -2.25. The number of anilines is 1. The van der Waals surface area contributed by atoms with Crippen LogP contribution in [0.1, 0.15) is 25.7 Å². The minimum atomic E-state index is 0.658. The Labute approximate surface area is 108 Å². The summed E-state index contributed by atoms with van der Waals surface area (Å²) in [6.07, 6.45) is 9.20. The van der Waals surface area contributed by atoms with E-state index in [-0.39, 0.29) is 0 Å². The van der Waals surface area contributed by atoms with Gasteiger partial charge in [0.15, 0.2) is 0 Å². The van der Waals surface area contributed by atoms with Crippen LogP contribution >= 0.6 is 0 Å². The smallest absolute Gasteiger partial charge is 0.225 e. The van der Waals surface area contributed by atoms with Crippen molar-refractivity contribution in [2.24, 2.45) is 5.92 Å². The van der Waals surface area contributed by atoms with E-state index < -0.39 is 0 Å². The van der Waals surface area contributed by atoms with E-state index in [0.717, 1.165) is 24.5 Å². The third kappa shape index (κ3) is 1.79. The molecule has 0 unspecified atom stereocenters. The molecule has 4 heteroatoms. The molecule has 2 aliphatic heterocycles. The number of hydrogen-bond donors (Lipinski definition) is 0. The summed E-state index contributed by atoms with van der Waals surface area (Å²) >= 11 is 0. The maximum absolute atomic E-state index is 4.42. The topological polar surface area (TPSA) is 32.3 Å². The first-order valence-corrected chi connectivity index (χ1v) is 7.19. The molecular weight excluding hydrogens is 224 g/mol. The van der Waals surface area contributed by atoms with Crippen LogP contribution in [-0.4, -0.2) is 46.6 Å². The molecule has 2 atom stereocenters. The molecule has 1 aromatic rings. The van der Waals surface area contributed by atoms with Crippen LogP contribution in [-0.2, 0) is 0 Å². The normalized spacial score (nSPS) is 31.9. The Balaban J connectivity index is 1.50. The molecule has 4 rings (SSSR count). The molecule has 2 saturated heterocycles. The Bertz CT molecular complexity index is 417. The van der Waals surface area contributed by atoms with Gasteiger partial charge in [0, 0.05) is 44.1 Å². The van der Waals surface area contributed by atoms with Crippen molar-refractivity contribution >= 4 is 5.95 Å². The average Bonchev–Trinajstić information content (AvgIpc) is 2.99. The zero-order valence-electron chi connectivity index (χ0n) is 10.7. The predicted molar refractivity (Wildman–Crippen MR) is 70.5 cm³/mol. The molecule has 1 aliphatic carbocycles. The van der Waals surface area contributed by atoms with Gasteiger partial charge in [-0.15, -0.1) is 0 Å². The SMILES string of the molecule is c1cnc(N2CC[C@H]3[C@H]2CCN3CC2CC2)nc1. The van der Waals surface area contributed by atoms with Crippen LogP contribution in [0.2, 0.25) is 0 Å². The highest BCUT2D eigenvalue weighted by atomic mass is 15.4. The van der Waals surface area contributed by atoms with Crippen LogP contribution in [0.4, 0.5) is 5.95 Å². The second-order valence-corrected chi connectivity index (χ2v) is 5.89. The molecule has 4 nitrogen and oxygen atoms in total. The molecule has 3 fully saturated rings. The van der Waals surface area contributed by atoms with Crippen molar-refractivity contribution in [3.05, 3.63) is 18.5 Å². The van der Waals surface area contributed by atoms with Gasteiger partial charge in [0.2, 0.25) is 5.95 Å². The van der Waals surface area contributed by atoms with Gasteiger partial charge in [-0.05, 0) is 37.7 Å². The van der Waals surface area contributed by atoms with Gasteiger partial charge in [0.1, 0.15) is 0 Å². The van der Waals surface area contributed by atoms with E-state index in [1.54, 1.807) is 0 Å². The van der Waals surface area contributed by atoms with Crippen LogP contribution in [0.3, 0.4) is 0 Å². The molecule has 1 saturated carbocycles. The Morgan fingerprint density at radius 3 is 2.56 bits per heavy atom. The van der Waals surface area contributed by atoms with Gasteiger partial charge in [-0.2, -0.15) is 0 Å². The second-order valence-electron chi connectivity index (χ2n) is 5.89. The molecular formula is C14H20N4. The van der Waals surface area contributed by atoms with Gasteiger partial charge < -0.3 is 4.90 Å². The van der Waals surface area contributed by atoms with Gasteiger partial charge >= 0.3 is 0 Å². The standard InChI is InChI=1S/C14H20N4/c1-6-15-14(16-7-1)18-9-5-12-13(18)4-8-17(12)10-11-2-3-11/h1,6-7,11-13H,2-5,8-10H2/t12-,13+/m0/s1. The number of rotatable bonds is 3. The van der Waals surface area contributed by atoms with Gasteiger partial charge in [0.25, 0.3) is 0 Å². The van der Waals surface area contributed by atoms with Crippen molar-refractivity contribution in [1.29, 1.82) is 0 Å². The third-order valence-electron chi connectivity index (χ3n) is 4.69. The Kier molecular flexibility index (Phi) is 2.50. The molecule has 0 N–H and O–H groups in total. The number of nitrogens with zero attached hydrogens (tertiary/aromatic N) is 4. The molecule has 18 heavy (non-hydrogen) atoms. The lowest BCUT2D eigenvalue weighted by atomic mass is 10.1. The molecule has 0 aromatic carbocycles. The van der Waals surface area contributed by atoms with E-state index >= 15 is 0 Å². The van der Waals surface area contributed by atoms with Gasteiger partial charge in [-0.25, -0.2) is 9.97 Å². The van der Waals surface area contributed by atoms with E-state index in [0.29, 0.717) is 6.04 Å². The minimum Gasteiger partial charge on any atom is -0.336 e. The fourth-order valence-corrected chi connectivity index (χ4v) is 3.62. The third-order valence-corrected chi connectivity index (χ3v) is 4.69. The first-order chi connectivity index (χ1) is 8.92. The first-order valence-electron chi connectivity index (χ1n) is 7.19. The summed E-state index contributed by atoms with van der Waals surface area (Å²) in [6.45, 7) is 3.74. The molecule has 1 aromatic heterocycles. The highest BCUT2D eigenvalue weighted by molar-refractivity contribution is 5.35. The summed E-state index contributed by atoms with van der Waals surface area (Å²) in [5, 5.41) is 0.